The van der Waals surface area contributed by atoms with Gasteiger partial charge in [-0.2, -0.15) is 0 Å². The molecule has 0 saturated heterocycles. The summed E-state index contributed by atoms with van der Waals surface area (Å²) in [6.45, 7) is 2.01. The molecule has 0 aliphatic rings. The minimum atomic E-state index is -0.0721. The standard InChI is InChI=1S/C17H18N2O/c1-13-8-7-11-15(12-13)18-17(19(2)3)16(20)14-9-5-4-6-10-14/h4-12H,1-3H3. The molecule has 2 aromatic carbocycles. The predicted molar refractivity (Wildman–Crippen MR) is 82.7 cm³/mol. The van der Waals surface area contributed by atoms with Gasteiger partial charge in [-0.05, 0) is 24.6 Å². The van der Waals surface area contributed by atoms with Crippen molar-refractivity contribution in [1.82, 2.24) is 4.90 Å². The highest BCUT2D eigenvalue weighted by Crippen LogP contribution is 2.15. The van der Waals surface area contributed by atoms with Gasteiger partial charge < -0.3 is 4.90 Å². The van der Waals surface area contributed by atoms with Crippen molar-refractivity contribution in [2.45, 2.75) is 6.92 Å². The van der Waals surface area contributed by atoms with E-state index in [1.807, 2.05) is 63.5 Å². The Kier molecular flexibility index (Phi) is 4.31. The SMILES string of the molecule is Cc1cccc(N=C(C(=O)c2ccccc2)N(C)C)c1. The van der Waals surface area contributed by atoms with Gasteiger partial charge >= 0.3 is 0 Å². The second-order valence-corrected chi connectivity index (χ2v) is 4.86. The van der Waals surface area contributed by atoms with Crippen LogP contribution in [0.4, 0.5) is 5.69 Å². The minimum absolute atomic E-state index is 0.0721. The number of rotatable bonds is 3. The van der Waals surface area contributed by atoms with E-state index in [2.05, 4.69) is 4.99 Å². The van der Waals surface area contributed by atoms with Gasteiger partial charge in [-0.15, -0.1) is 0 Å². The number of ketones is 1. The Morgan fingerprint density at radius 1 is 1.00 bits per heavy atom. The Labute approximate surface area is 119 Å². The number of Topliss-reactive ketones (excluding diaryl/α,β-unsaturated/α-hetero) is 1. The van der Waals surface area contributed by atoms with Gasteiger partial charge in [0.2, 0.25) is 5.78 Å². The molecule has 0 unspecified atom stereocenters. The van der Waals surface area contributed by atoms with Gasteiger partial charge in [0.1, 0.15) is 0 Å². The zero-order valence-corrected chi connectivity index (χ0v) is 12.0. The van der Waals surface area contributed by atoms with Crippen LogP contribution in [-0.2, 0) is 0 Å². The van der Waals surface area contributed by atoms with Crippen molar-refractivity contribution >= 4 is 17.3 Å². The Morgan fingerprint density at radius 2 is 1.70 bits per heavy atom. The number of carbonyl (C=O) groups excluding carboxylic acids is 1. The molecule has 0 saturated carbocycles. The van der Waals surface area contributed by atoms with Gasteiger partial charge in [0.05, 0.1) is 5.69 Å². The normalized spacial score (nSPS) is 11.2. The Bertz CT molecular complexity index is 630. The summed E-state index contributed by atoms with van der Waals surface area (Å²) in [5.74, 6) is 0.360. The molecular formula is C17H18N2O. The molecule has 2 rings (SSSR count). The van der Waals surface area contributed by atoms with Crippen molar-refractivity contribution in [3.8, 4) is 0 Å². The summed E-state index contributed by atoms with van der Waals surface area (Å²) in [7, 11) is 3.66. The summed E-state index contributed by atoms with van der Waals surface area (Å²) in [6.07, 6.45) is 0. The van der Waals surface area contributed by atoms with Crippen LogP contribution >= 0.6 is 0 Å². The number of aliphatic imine (C=N–C) groups is 1. The van der Waals surface area contributed by atoms with Crippen LogP contribution in [0, 0.1) is 6.92 Å². The molecule has 0 spiro atoms. The molecule has 0 aromatic heterocycles. The third-order valence-electron chi connectivity index (χ3n) is 2.90. The summed E-state index contributed by atoms with van der Waals surface area (Å²) in [5, 5.41) is 0. The zero-order valence-electron chi connectivity index (χ0n) is 12.0. The molecule has 0 N–H and O–H groups in total. The second-order valence-electron chi connectivity index (χ2n) is 4.86. The fourth-order valence-electron chi connectivity index (χ4n) is 1.89. The Hall–Kier alpha value is -2.42. The average Bonchev–Trinajstić information content (AvgIpc) is 2.45. The second kappa shape index (κ2) is 6.15. The van der Waals surface area contributed by atoms with E-state index >= 15 is 0 Å². The topological polar surface area (TPSA) is 32.7 Å². The first kappa shape index (κ1) is 14.0. The van der Waals surface area contributed by atoms with Crippen molar-refractivity contribution in [3.05, 3.63) is 65.7 Å². The van der Waals surface area contributed by atoms with Gasteiger partial charge in [0.15, 0.2) is 5.84 Å². The first-order valence-electron chi connectivity index (χ1n) is 6.50. The van der Waals surface area contributed by atoms with Crippen LogP contribution < -0.4 is 0 Å². The highest BCUT2D eigenvalue weighted by Gasteiger charge is 2.15. The fraction of sp³-hybridized carbons (Fsp3) is 0.176. The largest absolute Gasteiger partial charge is 0.359 e. The molecule has 0 amide bonds. The lowest BCUT2D eigenvalue weighted by Gasteiger charge is -2.14. The summed E-state index contributed by atoms with van der Waals surface area (Å²) in [6, 6.07) is 17.0. The lowest BCUT2D eigenvalue weighted by atomic mass is 10.1. The van der Waals surface area contributed by atoms with Crippen LogP contribution in [0.15, 0.2) is 59.6 Å². The number of amidine groups is 1. The fourth-order valence-corrected chi connectivity index (χ4v) is 1.89. The summed E-state index contributed by atoms with van der Waals surface area (Å²) < 4.78 is 0. The van der Waals surface area contributed by atoms with Crippen LogP contribution in [0.5, 0.6) is 0 Å². The lowest BCUT2D eigenvalue weighted by molar-refractivity contribution is 0.105. The Balaban J connectivity index is 2.39. The molecule has 0 heterocycles. The van der Waals surface area contributed by atoms with Gasteiger partial charge in [0.25, 0.3) is 0 Å². The molecule has 3 heteroatoms. The quantitative estimate of drug-likeness (QED) is 0.484. The highest BCUT2D eigenvalue weighted by atomic mass is 16.1. The molecule has 0 radical (unpaired) electrons. The molecule has 0 aliphatic carbocycles. The average molecular weight is 266 g/mol. The molecule has 0 atom stereocenters. The van der Waals surface area contributed by atoms with Gasteiger partial charge in [-0.25, -0.2) is 4.99 Å². The van der Waals surface area contributed by atoms with E-state index in [1.165, 1.54) is 0 Å². The van der Waals surface area contributed by atoms with E-state index in [4.69, 9.17) is 0 Å². The number of likely N-dealkylation sites (N-methyl/N-ethyl adjacent to an activating group) is 1. The zero-order chi connectivity index (χ0) is 14.5. The molecule has 20 heavy (non-hydrogen) atoms. The van der Waals surface area contributed by atoms with Crippen molar-refractivity contribution in [1.29, 1.82) is 0 Å². The molecule has 0 aliphatic heterocycles. The van der Waals surface area contributed by atoms with Crippen molar-refractivity contribution in [2.24, 2.45) is 4.99 Å². The summed E-state index contributed by atoms with van der Waals surface area (Å²) in [5.41, 5.74) is 2.56. The van der Waals surface area contributed by atoms with Gasteiger partial charge in [0, 0.05) is 19.7 Å². The number of aryl methyl sites for hydroxylation is 1. The van der Waals surface area contributed by atoms with E-state index in [1.54, 1.807) is 17.0 Å². The maximum Gasteiger partial charge on any atom is 0.228 e. The summed E-state index contributed by atoms with van der Waals surface area (Å²) >= 11 is 0. The first-order chi connectivity index (χ1) is 9.58. The predicted octanol–water partition coefficient (Wildman–Crippen LogP) is 3.47. The van der Waals surface area contributed by atoms with E-state index < -0.39 is 0 Å². The van der Waals surface area contributed by atoms with Crippen LogP contribution in [0.1, 0.15) is 15.9 Å². The van der Waals surface area contributed by atoms with Gasteiger partial charge in [-0.3, -0.25) is 4.79 Å². The molecule has 3 nitrogen and oxygen atoms in total. The first-order valence-corrected chi connectivity index (χ1v) is 6.50. The van der Waals surface area contributed by atoms with E-state index in [0.29, 0.717) is 11.4 Å². The third-order valence-corrected chi connectivity index (χ3v) is 2.90. The van der Waals surface area contributed by atoms with Crippen molar-refractivity contribution < 1.29 is 4.79 Å². The highest BCUT2D eigenvalue weighted by molar-refractivity contribution is 6.45. The third kappa shape index (κ3) is 3.32. The van der Waals surface area contributed by atoms with Gasteiger partial charge in [-0.1, -0.05) is 42.5 Å². The lowest BCUT2D eigenvalue weighted by Crippen LogP contribution is -2.30. The van der Waals surface area contributed by atoms with Crippen molar-refractivity contribution in [2.75, 3.05) is 14.1 Å². The van der Waals surface area contributed by atoms with Crippen LogP contribution in [0.2, 0.25) is 0 Å². The maximum absolute atomic E-state index is 12.5. The van der Waals surface area contributed by atoms with E-state index in [9.17, 15) is 4.79 Å². The summed E-state index contributed by atoms with van der Waals surface area (Å²) in [4.78, 5) is 18.7. The van der Waals surface area contributed by atoms with E-state index in [0.717, 1.165) is 11.3 Å². The van der Waals surface area contributed by atoms with Crippen LogP contribution in [0.3, 0.4) is 0 Å². The smallest absolute Gasteiger partial charge is 0.228 e. The van der Waals surface area contributed by atoms with Crippen LogP contribution in [-0.4, -0.2) is 30.6 Å². The number of carbonyl (C=O) groups is 1. The maximum atomic E-state index is 12.5. The monoisotopic (exact) mass is 266 g/mol. The number of hydrogen-bond donors (Lipinski definition) is 0. The molecular weight excluding hydrogens is 248 g/mol. The molecule has 2 aromatic rings. The van der Waals surface area contributed by atoms with Crippen molar-refractivity contribution in [3.63, 3.8) is 0 Å². The molecule has 0 bridgehead atoms. The van der Waals surface area contributed by atoms with Crippen LogP contribution in [0.25, 0.3) is 0 Å². The number of nitrogens with zero attached hydrogens (tertiary/aromatic N) is 2. The number of hydrogen-bond acceptors (Lipinski definition) is 2. The molecule has 0 fully saturated rings. The minimum Gasteiger partial charge on any atom is -0.359 e. The Morgan fingerprint density at radius 3 is 2.30 bits per heavy atom. The van der Waals surface area contributed by atoms with E-state index in [-0.39, 0.29) is 5.78 Å². The number of benzene rings is 2. The molecule has 102 valence electrons.